The summed E-state index contributed by atoms with van der Waals surface area (Å²) in [7, 11) is 0. The average Bonchev–Trinajstić information content (AvgIpc) is 3.12. The highest BCUT2D eigenvalue weighted by atomic mass is 16.1. The van der Waals surface area contributed by atoms with Crippen molar-refractivity contribution in [1.29, 1.82) is 0 Å². The smallest absolute Gasteiger partial charge is 0.251 e. The topological polar surface area (TPSA) is 46.9 Å². The van der Waals surface area contributed by atoms with Gasteiger partial charge in [-0.15, -0.1) is 0 Å². The molecule has 0 aliphatic heterocycles. The highest BCUT2D eigenvalue weighted by Gasteiger charge is 2.05. The summed E-state index contributed by atoms with van der Waals surface area (Å²) in [6.07, 6.45) is 7.39. The fourth-order valence-electron chi connectivity index (χ4n) is 2.82. The number of aromatic nitrogens is 2. The number of amides is 1. The Morgan fingerprint density at radius 2 is 1.96 bits per heavy atom. The molecule has 0 saturated carbocycles. The Balaban J connectivity index is 1.45. The van der Waals surface area contributed by atoms with Crippen LogP contribution in [0.1, 0.15) is 33.5 Å². The van der Waals surface area contributed by atoms with E-state index in [1.54, 1.807) is 12.5 Å². The van der Waals surface area contributed by atoms with Gasteiger partial charge in [0.25, 0.3) is 5.91 Å². The molecule has 0 bridgehead atoms. The van der Waals surface area contributed by atoms with Crippen molar-refractivity contribution in [3.63, 3.8) is 0 Å². The first-order valence-corrected chi connectivity index (χ1v) is 8.59. The Kier molecular flexibility index (Phi) is 5.62. The predicted molar refractivity (Wildman–Crippen MR) is 99.6 cm³/mol. The highest BCUT2D eigenvalue weighted by molar-refractivity contribution is 5.94. The van der Waals surface area contributed by atoms with Gasteiger partial charge in [-0.1, -0.05) is 42.0 Å². The molecular weight excluding hydrogens is 310 g/mol. The number of aryl methyl sites for hydroxylation is 2. The summed E-state index contributed by atoms with van der Waals surface area (Å²) in [6, 6.07) is 16.2. The lowest BCUT2D eigenvalue weighted by Gasteiger charge is -2.07. The second kappa shape index (κ2) is 8.29. The number of carbonyl (C=O) groups excluding carboxylic acids is 1. The van der Waals surface area contributed by atoms with E-state index in [-0.39, 0.29) is 5.91 Å². The van der Waals surface area contributed by atoms with Gasteiger partial charge in [0.1, 0.15) is 0 Å². The predicted octanol–water partition coefficient (Wildman–Crippen LogP) is 3.60. The van der Waals surface area contributed by atoms with Gasteiger partial charge in [0, 0.05) is 31.0 Å². The standard InChI is InChI=1S/C21H23N3O/c1-17-4-2-5-18(14-17)6-3-11-23-21(25)20-9-7-19(8-10-20)15-24-13-12-22-16-24/h2,4-5,7-10,12-14,16H,3,6,11,15H2,1H3,(H,23,25). The fraction of sp³-hybridized carbons (Fsp3) is 0.238. The Bertz CT molecular complexity index is 807. The van der Waals surface area contributed by atoms with Gasteiger partial charge in [-0.05, 0) is 43.0 Å². The van der Waals surface area contributed by atoms with E-state index in [2.05, 4.69) is 41.5 Å². The quantitative estimate of drug-likeness (QED) is 0.672. The van der Waals surface area contributed by atoms with Gasteiger partial charge in [0.15, 0.2) is 0 Å². The number of nitrogens with zero attached hydrogens (tertiary/aromatic N) is 2. The van der Waals surface area contributed by atoms with Gasteiger partial charge in [0.2, 0.25) is 0 Å². The number of hydrogen-bond donors (Lipinski definition) is 1. The van der Waals surface area contributed by atoms with Gasteiger partial charge in [-0.3, -0.25) is 4.79 Å². The summed E-state index contributed by atoms with van der Waals surface area (Å²) in [5, 5.41) is 2.99. The van der Waals surface area contributed by atoms with Gasteiger partial charge in [-0.2, -0.15) is 0 Å². The van der Waals surface area contributed by atoms with Gasteiger partial charge in [0.05, 0.1) is 6.33 Å². The normalized spacial score (nSPS) is 10.6. The number of carbonyl (C=O) groups is 1. The van der Waals surface area contributed by atoms with Crippen LogP contribution in [0.15, 0.2) is 67.3 Å². The molecule has 4 nitrogen and oxygen atoms in total. The van der Waals surface area contributed by atoms with Crippen LogP contribution in [0.5, 0.6) is 0 Å². The maximum absolute atomic E-state index is 12.2. The maximum atomic E-state index is 12.2. The molecule has 3 rings (SSSR count). The van der Waals surface area contributed by atoms with E-state index in [4.69, 9.17) is 0 Å². The van der Waals surface area contributed by atoms with E-state index in [9.17, 15) is 4.79 Å². The van der Waals surface area contributed by atoms with E-state index in [0.29, 0.717) is 12.1 Å². The maximum Gasteiger partial charge on any atom is 0.251 e. The zero-order valence-electron chi connectivity index (χ0n) is 14.5. The van der Waals surface area contributed by atoms with E-state index in [1.807, 2.05) is 35.0 Å². The molecular formula is C21H23N3O. The molecule has 0 unspecified atom stereocenters. The number of nitrogens with one attached hydrogen (secondary N) is 1. The molecule has 1 aromatic heterocycles. The Labute approximate surface area is 148 Å². The molecule has 0 aliphatic carbocycles. The van der Waals surface area contributed by atoms with Gasteiger partial charge < -0.3 is 9.88 Å². The van der Waals surface area contributed by atoms with E-state index < -0.39 is 0 Å². The van der Waals surface area contributed by atoms with Gasteiger partial charge in [-0.25, -0.2) is 4.98 Å². The van der Waals surface area contributed by atoms with Gasteiger partial charge >= 0.3 is 0 Å². The van der Waals surface area contributed by atoms with Crippen LogP contribution in [0.2, 0.25) is 0 Å². The van der Waals surface area contributed by atoms with Crippen LogP contribution in [0.4, 0.5) is 0 Å². The number of benzene rings is 2. The van der Waals surface area contributed by atoms with E-state index >= 15 is 0 Å². The number of imidazole rings is 1. The first-order chi connectivity index (χ1) is 12.2. The Hall–Kier alpha value is -2.88. The van der Waals surface area contributed by atoms with Crippen LogP contribution in [-0.4, -0.2) is 22.0 Å². The molecule has 1 N–H and O–H groups in total. The third-order valence-electron chi connectivity index (χ3n) is 4.15. The molecule has 3 aromatic rings. The molecule has 1 amide bonds. The van der Waals surface area contributed by atoms with Crippen LogP contribution in [0.3, 0.4) is 0 Å². The Morgan fingerprint density at radius 3 is 2.68 bits per heavy atom. The van der Waals surface area contributed by atoms with Crippen molar-refractivity contribution in [2.45, 2.75) is 26.3 Å². The van der Waals surface area contributed by atoms with Crippen molar-refractivity contribution in [2.24, 2.45) is 0 Å². The SMILES string of the molecule is Cc1cccc(CCCNC(=O)c2ccc(Cn3ccnc3)cc2)c1. The summed E-state index contributed by atoms with van der Waals surface area (Å²) in [6.45, 7) is 3.55. The third-order valence-corrected chi connectivity index (χ3v) is 4.15. The van der Waals surface area contributed by atoms with Crippen molar-refractivity contribution in [2.75, 3.05) is 6.54 Å². The van der Waals surface area contributed by atoms with Crippen molar-refractivity contribution in [3.8, 4) is 0 Å². The molecule has 0 spiro atoms. The zero-order valence-corrected chi connectivity index (χ0v) is 14.5. The summed E-state index contributed by atoms with van der Waals surface area (Å²) in [5.41, 5.74) is 4.44. The van der Waals surface area contributed by atoms with Crippen LogP contribution >= 0.6 is 0 Å². The zero-order chi connectivity index (χ0) is 17.5. The molecule has 25 heavy (non-hydrogen) atoms. The first kappa shape index (κ1) is 17.0. The van der Waals surface area contributed by atoms with Crippen molar-refractivity contribution in [1.82, 2.24) is 14.9 Å². The fourth-order valence-corrected chi connectivity index (χ4v) is 2.82. The molecule has 0 atom stereocenters. The lowest BCUT2D eigenvalue weighted by molar-refractivity contribution is 0.0953. The monoisotopic (exact) mass is 333 g/mol. The van der Waals surface area contributed by atoms with Crippen LogP contribution in [-0.2, 0) is 13.0 Å². The third kappa shape index (κ3) is 5.05. The highest BCUT2D eigenvalue weighted by Crippen LogP contribution is 2.08. The molecule has 4 heteroatoms. The summed E-state index contributed by atoms with van der Waals surface area (Å²) in [5.74, 6) is -0.0153. The minimum absolute atomic E-state index is 0.0153. The molecule has 0 saturated heterocycles. The van der Waals surface area contributed by atoms with Crippen molar-refractivity contribution < 1.29 is 4.79 Å². The first-order valence-electron chi connectivity index (χ1n) is 8.59. The molecule has 0 fully saturated rings. The van der Waals surface area contributed by atoms with Crippen LogP contribution < -0.4 is 5.32 Å². The second-order valence-corrected chi connectivity index (χ2v) is 6.28. The number of rotatable bonds is 7. The molecule has 0 radical (unpaired) electrons. The average molecular weight is 333 g/mol. The van der Waals surface area contributed by atoms with Crippen LogP contribution in [0, 0.1) is 6.92 Å². The van der Waals surface area contributed by atoms with Crippen molar-refractivity contribution in [3.05, 3.63) is 89.5 Å². The van der Waals surface area contributed by atoms with Crippen LogP contribution in [0.25, 0.3) is 0 Å². The summed E-state index contributed by atoms with van der Waals surface area (Å²) < 4.78 is 2.00. The van der Waals surface area contributed by atoms with E-state index in [1.165, 1.54) is 11.1 Å². The second-order valence-electron chi connectivity index (χ2n) is 6.28. The minimum Gasteiger partial charge on any atom is -0.352 e. The molecule has 128 valence electrons. The largest absolute Gasteiger partial charge is 0.352 e. The summed E-state index contributed by atoms with van der Waals surface area (Å²) >= 11 is 0. The van der Waals surface area contributed by atoms with E-state index in [0.717, 1.165) is 24.9 Å². The summed E-state index contributed by atoms with van der Waals surface area (Å²) in [4.78, 5) is 16.2. The Morgan fingerprint density at radius 1 is 1.12 bits per heavy atom. The molecule has 1 heterocycles. The lowest BCUT2D eigenvalue weighted by Crippen LogP contribution is -2.24. The molecule has 0 aliphatic rings. The number of hydrogen-bond acceptors (Lipinski definition) is 2. The van der Waals surface area contributed by atoms with Crippen molar-refractivity contribution >= 4 is 5.91 Å². The molecule has 2 aromatic carbocycles. The minimum atomic E-state index is -0.0153. The lowest BCUT2D eigenvalue weighted by atomic mass is 10.1.